The Balaban J connectivity index is 2.89. The van der Waals surface area contributed by atoms with E-state index in [1.54, 1.807) is 6.92 Å². The summed E-state index contributed by atoms with van der Waals surface area (Å²) in [6, 6.07) is 0. The van der Waals surface area contributed by atoms with Gasteiger partial charge in [0.2, 0.25) is 0 Å². The summed E-state index contributed by atoms with van der Waals surface area (Å²) >= 11 is 0. The summed E-state index contributed by atoms with van der Waals surface area (Å²) in [6.07, 6.45) is -4.03. The monoisotopic (exact) mass is 348 g/mol. The molecule has 9 heteroatoms. The number of hydrogen-bond donors (Lipinski definition) is 1. The van der Waals surface area contributed by atoms with Gasteiger partial charge in [-0.2, -0.15) is 0 Å². The number of esters is 3. The second-order valence-electron chi connectivity index (χ2n) is 5.55. The molecule has 1 heterocycles. The topological polar surface area (TPSA) is 118 Å². The zero-order valence-corrected chi connectivity index (χ0v) is 14.2. The summed E-state index contributed by atoms with van der Waals surface area (Å²) in [5, 5.41) is 9.30. The zero-order valence-electron chi connectivity index (χ0n) is 14.2. The summed E-state index contributed by atoms with van der Waals surface area (Å²) in [6.45, 7) is 5.03. The molecule has 0 aromatic heterocycles. The number of rotatable bonds is 7. The smallest absolute Gasteiger partial charge is 0.303 e. The molecule has 0 bridgehead atoms. The van der Waals surface area contributed by atoms with Crippen molar-refractivity contribution in [3.63, 3.8) is 0 Å². The van der Waals surface area contributed by atoms with Gasteiger partial charge in [-0.15, -0.1) is 0 Å². The SMILES string of the molecule is CC(=O)OC[C@H]1O[C@@H](OC[C@@H](C)O)C[C@@H](OC(C)=O)[C@H]1OC(C)=O. The minimum absolute atomic E-state index is 0.00990. The maximum Gasteiger partial charge on any atom is 0.303 e. The molecule has 0 aromatic carbocycles. The van der Waals surface area contributed by atoms with Gasteiger partial charge < -0.3 is 28.8 Å². The Kier molecular flexibility index (Phi) is 8.09. The van der Waals surface area contributed by atoms with Crippen molar-refractivity contribution < 1.29 is 43.2 Å². The molecule has 0 radical (unpaired) electrons. The Morgan fingerprint density at radius 2 is 1.75 bits per heavy atom. The molecule has 1 rings (SSSR count). The van der Waals surface area contributed by atoms with Crippen LogP contribution in [0.25, 0.3) is 0 Å². The summed E-state index contributed by atoms with van der Waals surface area (Å²) in [5.74, 6) is -1.67. The minimum atomic E-state index is -0.933. The number of carbonyl (C=O) groups excluding carboxylic acids is 3. The third-order valence-corrected chi connectivity index (χ3v) is 3.08. The normalized spacial score (nSPS) is 27.9. The molecule has 1 saturated heterocycles. The van der Waals surface area contributed by atoms with Gasteiger partial charge in [-0.05, 0) is 6.92 Å². The molecule has 9 nitrogen and oxygen atoms in total. The number of aliphatic hydroxyl groups is 1. The third kappa shape index (κ3) is 7.24. The Labute approximate surface area is 140 Å². The average Bonchev–Trinajstić information content (AvgIpc) is 2.44. The van der Waals surface area contributed by atoms with Gasteiger partial charge in [-0.25, -0.2) is 0 Å². The predicted octanol–water partition coefficient (Wildman–Crippen LogP) is -0.0747. The Morgan fingerprint density at radius 1 is 1.12 bits per heavy atom. The van der Waals surface area contributed by atoms with Crippen LogP contribution in [0.5, 0.6) is 0 Å². The van der Waals surface area contributed by atoms with Gasteiger partial charge in [-0.1, -0.05) is 0 Å². The minimum Gasteiger partial charge on any atom is -0.463 e. The molecule has 0 unspecified atom stereocenters. The van der Waals surface area contributed by atoms with Crippen molar-refractivity contribution in [3.05, 3.63) is 0 Å². The van der Waals surface area contributed by atoms with Crippen LogP contribution in [0.3, 0.4) is 0 Å². The van der Waals surface area contributed by atoms with E-state index < -0.39 is 48.6 Å². The van der Waals surface area contributed by atoms with E-state index in [0.717, 1.165) is 0 Å². The van der Waals surface area contributed by atoms with Gasteiger partial charge in [0.05, 0.1) is 12.7 Å². The van der Waals surface area contributed by atoms with Crippen molar-refractivity contribution in [3.8, 4) is 0 Å². The van der Waals surface area contributed by atoms with Crippen LogP contribution >= 0.6 is 0 Å². The first-order valence-corrected chi connectivity index (χ1v) is 7.62. The number of aliphatic hydroxyl groups excluding tert-OH is 1. The van der Waals surface area contributed by atoms with Gasteiger partial charge in [0.25, 0.3) is 0 Å². The highest BCUT2D eigenvalue weighted by atomic mass is 16.7. The number of ether oxygens (including phenoxy) is 5. The molecule has 0 amide bonds. The molecular formula is C15H24O9. The lowest BCUT2D eigenvalue weighted by atomic mass is 10.0. The first kappa shape index (κ1) is 20.3. The van der Waals surface area contributed by atoms with Crippen LogP contribution in [0.4, 0.5) is 0 Å². The lowest BCUT2D eigenvalue weighted by molar-refractivity contribution is -0.269. The summed E-state index contributed by atoms with van der Waals surface area (Å²) in [4.78, 5) is 33.7. The van der Waals surface area contributed by atoms with Crippen LogP contribution < -0.4 is 0 Å². The zero-order chi connectivity index (χ0) is 18.3. The van der Waals surface area contributed by atoms with Crippen molar-refractivity contribution in [2.24, 2.45) is 0 Å². The molecule has 1 fully saturated rings. The molecular weight excluding hydrogens is 324 g/mol. The van der Waals surface area contributed by atoms with Crippen molar-refractivity contribution in [1.82, 2.24) is 0 Å². The van der Waals surface area contributed by atoms with Gasteiger partial charge in [0.15, 0.2) is 12.4 Å². The highest BCUT2D eigenvalue weighted by molar-refractivity contribution is 5.67. The molecule has 0 spiro atoms. The van der Waals surface area contributed by atoms with E-state index in [2.05, 4.69) is 0 Å². The summed E-state index contributed by atoms with van der Waals surface area (Å²) < 4.78 is 26.3. The van der Waals surface area contributed by atoms with E-state index in [0.29, 0.717) is 0 Å². The van der Waals surface area contributed by atoms with Crippen molar-refractivity contribution in [2.75, 3.05) is 13.2 Å². The molecule has 24 heavy (non-hydrogen) atoms. The average molecular weight is 348 g/mol. The van der Waals surface area contributed by atoms with Crippen molar-refractivity contribution in [2.45, 2.75) is 64.8 Å². The molecule has 0 saturated carbocycles. The molecule has 1 N–H and O–H groups in total. The summed E-state index contributed by atoms with van der Waals surface area (Å²) in [5.41, 5.74) is 0. The van der Waals surface area contributed by atoms with Gasteiger partial charge in [0.1, 0.15) is 18.8 Å². The molecule has 0 aromatic rings. The Bertz CT molecular complexity index is 448. The lowest BCUT2D eigenvalue weighted by Gasteiger charge is -2.40. The maximum absolute atomic E-state index is 11.3. The predicted molar refractivity (Wildman–Crippen MR) is 78.7 cm³/mol. The molecule has 138 valence electrons. The fourth-order valence-corrected chi connectivity index (χ4v) is 2.25. The fraction of sp³-hybridized carbons (Fsp3) is 0.800. The van der Waals surface area contributed by atoms with Crippen LogP contribution in [0.1, 0.15) is 34.1 Å². The first-order chi connectivity index (χ1) is 11.2. The van der Waals surface area contributed by atoms with E-state index in [4.69, 9.17) is 23.7 Å². The van der Waals surface area contributed by atoms with Crippen molar-refractivity contribution >= 4 is 17.9 Å². The number of hydrogen-bond acceptors (Lipinski definition) is 9. The number of carbonyl (C=O) groups is 3. The Morgan fingerprint density at radius 3 is 2.25 bits per heavy atom. The van der Waals surface area contributed by atoms with E-state index in [1.165, 1.54) is 20.8 Å². The Hall–Kier alpha value is -1.71. The maximum atomic E-state index is 11.3. The van der Waals surface area contributed by atoms with E-state index in [9.17, 15) is 19.5 Å². The standard InChI is InChI=1S/C15H24O9/c1-8(16)6-21-14-5-12(22-10(3)18)15(23-11(4)19)13(24-14)7-20-9(2)17/h8,12-16H,5-7H2,1-4H3/t8-,12-,13-,14-,15-/m1/s1. The van der Waals surface area contributed by atoms with Crippen molar-refractivity contribution in [1.29, 1.82) is 0 Å². The third-order valence-electron chi connectivity index (χ3n) is 3.08. The van der Waals surface area contributed by atoms with Crippen LogP contribution in [0, 0.1) is 0 Å². The van der Waals surface area contributed by atoms with E-state index in [1.807, 2.05) is 0 Å². The second kappa shape index (κ2) is 9.55. The molecule has 5 atom stereocenters. The van der Waals surface area contributed by atoms with Gasteiger partial charge in [-0.3, -0.25) is 14.4 Å². The molecule has 1 aliphatic rings. The summed E-state index contributed by atoms with van der Waals surface area (Å²) in [7, 11) is 0. The van der Waals surface area contributed by atoms with Gasteiger partial charge in [0, 0.05) is 27.2 Å². The van der Waals surface area contributed by atoms with Crippen LogP contribution in [-0.2, 0) is 38.1 Å². The largest absolute Gasteiger partial charge is 0.463 e. The van der Waals surface area contributed by atoms with Crippen LogP contribution in [0.2, 0.25) is 0 Å². The van der Waals surface area contributed by atoms with E-state index in [-0.39, 0.29) is 19.6 Å². The molecule has 1 aliphatic heterocycles. The second-order valence-corrected chi connectivity index (χ2v) is 5.55. The quantitative estimate of drug-likeness (QED) is 0.498. The van der Waals surface area contributed by atoms with Gasteiger partial charge >= 0.3 is 17.9 Å². The molecule has 0 aliphatic carbocycles. The highest BCUT2D eigenvalue weighted by Crippen LogP contribution is 2.27. The fourth-order valence-electron chi connectivity index (χ4n) is 2.25. The van der Waals surface area contributed by atoms with Crippen LogP contribution in [-0.4, -0.2) is 66.9 Å². The van der Waals surface area contributed by atoms with E-state index >= 15 is 0 Å². The lowest BCUT2D eigenvalue weighted by Crippen LogP contribution is -2.54. The first-order valence-electron chi connectivity index (χ1n) is 7.62. The van der Waals surface area contributed by atoms with Crippen LogP contribution in [0.15, 0.2) is 0 Å². The highest BCUT2D eigenvalue weighted by Gasteiger charge is 2.44.